The van der Waals surface area contributed by atoms with Crippen LogP contribution in [0, 0.1) is 10.1 Å². The van der Waals surface area contributed by atoms with Crippen molar-refractivity contribution in [3.63, 3.8) is 0 Å². The highest BCUT2D eigenvalue weighted by molar-refractivity contribution is 5.96. The van der Waals surface area contributed by atoms with Gasteiger partial charge in [0, 0.05) is 43.2 Å². The van der Waals surface area contributed by atoms with Crippen LogP contribution in [0.15, 0.2) is 30.6 Å². The molecule has 1 aromatic carbocycles. The summed E-state index contributed by atoms with van der Waals surface area (Å²) in [6.07, 6.45) is 3.31. The summed E-state index contributed by atoms with van der Waals surface area (Å²) in [6, 6.07) is 5.41. The molecule has 148 valence electrons. The first kappa shape index (κ1) is 19.5. The van der Waals surface area contributed by atoms with Crippen molar-refractivity contribution in [3.05, 3.63) is 52.1 Å². The first-order chi connectivity index (χ1) is 13.5. The molecule has 0 radical (unpaired) electrons. The summed E-state index contributed by atoms with van der Waals surface area (Å²) in [5, 5.41) is 21.5. The molecule has 10 nitrogen and oxygen atoms in total. The van der Waals surface area contributed by atoms with Crippen molar-refractivity contribution in [2.75, 3.05) is 19.6 Å². The molecule has 0 atom stereocenters. The van der Waals surface area contributed by atoms with E-state index >= 15 is 0 Å². The fourth-order valence-corrected chi connectivity index (χ4v) is 3.34. The SMILES string of the molecule is CCn1cnnc1C1CCN(C(=O)CNC(=O)c2cccc([N+](=O)[O-])c2)CC1. The number of hydrogen-bond acceptors (Lipinski definition) is 6. The predicted molar refractivity (Wildman–Crippen MR) is 99.7 cm³/mol. The molecule has 1 N–H and O–H groups in total. The van der Waals surface area contributed by atoms with Gasteiger partial charge in [0.1, 0.15) is 12.2 Å². The van der Waals surface area contributed by atoms with Crippen LogP contribution in [0.1, 0.15) is 41.9 Å². The molecular weight excluding hydrogens is 364 g/mol. The number of nitro groups is 1. The number of non-ortho nitro benzene ring substituents is 1. The Morgan fingerprint density at radius 2 is 2.07 bits per heavy atom. The average molecular weight is 386 g/mol. The zero-order valence-corrected chi connectivity index (χ0v) is 15.6. The minimum absolute atomic E-state index is 0.142. The third kappa shape index (κ3) is 4.33. The van der Waals surface area contributed by atoms with Crippen molar-refractivity contribution in [3.8, 4) is 0 Å². The fourth-order valence-electron chi connectivity index (χ4n) is 3.34. The van der Waals surface area contributed by atoms with E-state index in [9.17, 15) is 19.7 Å². The van der Waals surface area contributed by atoms with Crippen LogP contribution in [-0.4, -0.2) is 56.0 Å². The summed E-state index contributed by atoms with van der Waals surface area (Å²) in [6.45, 7) is 3.89. The molecule has 1 fully saturated rings. The quantitative estimate of drug-likeness (QED) is 0.590. The minimum Gasteiger partial charge on any atom is -0.343 e. The number of benzene rings is 1. The lowest BCUT2D eigenvalue weighted by molar-refractivity contribution is -0.384. The number of carbonyl (C=O) groups excluding carboxylic acids is 2. The van der Waals surface area contributed by atoms with Gasteiger partial charge in [-0.15, -0.1) is 10.2 Å². The number of piperidine rings is 1. The maximum Gasteiger partial charge on any atom is 0.270 e. The number of carbonyl (C=O) groups is 2. The monoisotopic (exact) mass is 386 g/mol. The first-order valence-electron chi connectivity index (χ1n) is 9.17. The van der Waals surface area contributed by atoms with Gasteiger partial charge in [-0.1, -0.05) is 6.07 Å². The molecule has 1 aromatic heterocycles. The molecule has 2 amide bonds. The Hall–Kier alpha value is -3.30. The second kappa shape index (κ2) is 8.59. The van der Waals surface area contributed by atoms with Gasteiger partial charge in [0.05, 0.1) is 11.5 Å². The molecule has 1 aliphatic rings. The highest BCUT2D eigenvalue weighted by Gasteiger charge is 2.26. The van der Waals surface area contributed by atoms with Gasteiger partial charge in [-0.2, -0.15) is 0 Å². The second-order valence-corrected chi connectivity index (χ2v) is 6.62. The van der Waals surface area contributed by atoms with E-state index in [-0.39, 0.29) is 29.6 Å². The molecular formula is C18H22N6O4. The van der Waals surface area contributed by atoms with Gasteiger partial charge in [-0.3, -0.25) is 19.7 Å². The Labute approximate surface area is 161 Å². The van der Waals surface area contributed by atoms with Gasteiger partial charge in [0.25, 0.3) is 11.6 Å². The summed E-state index contributed by atoms with van der Waals surface area (Å²) in [5.41, 5.74) is -0.0133. The lowest BCUT2D eigenvalue weighted by atomic mass is 9.96. The molecule has 28 heavy (non-hydrogen) atoms. The van der Waals surface area contributed by atoms with E-state index in [1.807, 2.05) is 11.5 Å². The standard InChI is InChI=1S/C18H22N6O4/c1-2-22-12-20-21-17(22)13-6-8-23(9-7-13)16(25)11-19-18(26)14-4-3-5-15(10-14)24(27)28/h3-5,10,12-13H,2,6-9,11H2,1H3,(H,19,26). The Bertz CT molecular complexity index is 872. The van der Waals surface area contributed by atoms with Crippen LogP contribution in [0.3, 0.4) is 0 Å². The predicted octanol–water partition coefficient (Wildman–Crippen LogP) is 1.34. The molecule has 10 heteroatoms. The topological polar surface area (TPSA) is 123 Å². The van der Waals surface area contributed by atoms with Crippen molar-refractivity contribution in [2.45, 2.75) is 32.2 Å². The Kier molecular flexibility index (Phi) is 5.97. The lowest BCUT2D eigenvalue weighted by Crippen LogP contribution is -2.44. The smallest absolute Gasteiger partial charge is 0.270 e. The number of nitrogens with zero attached hydrogens (tertiary/aromatic N) is 5. The van der Waals surface area contributed by atoms with Crippen LogP contribution >= 0.6 is 0 Å². The Balaban J connectivity index is 1.50. The van der Waals surface area contributed by atoms with Crippen LogP contribution in [-0.2, 0) is 11.3 Å². The van der Waals surface area contributed by atoms with Crippen LogP contribution in [0.2, 0.25) is 0 Å². The van der Waals surface area contributed by atoms with E-state index in [0.29, 0.717) is 13.1 Å². The molecule has 0 bridgehead atoms. The zero-order valence-electron chi connectivity index (χ0n) is 15.6. The van der Waals surface area contributed by atoms with E-state index in [1.54, 1.807) is 11.2 Å². The largest absolute Gasteiger partial charge is 0.343 e. The normalized spacial score (nSPS) is 14.7. The number of aryl methyl sites for hydroxylation is 1. The summed E-state index contributed by atoms with van der Waals surface area (Å²) < 4.78 is 2.02. The number of nitrogens with one attached hydrogen (secondary N) is 1. The van der Waals surface area contributed by atoms with E-state index in [2.05, 4.69) is 15.5 Å². The number of hydrogen-bond donors (Lipinski definition) is 1. The number of amides is 2. The number of rotatable bonds is 6. The molecule has 0 saturated carbocycles. The number of aromatic nitrogens is 3. The molecule has 0 aliphatic carbocycles. The van der Waals surface area contributed by atoms with Gasteiger partial charge in [-0.05, 0) is 25.8 Å². The Morgan fingerprint density at radius 1 is 1.32 bits per heavy atom. The van der Waals surface area contributed by atoms with Crippen molar-refractivity contribution in [1.29, 1.82) is 0 Å². The molecule has 2 heterocycles. The van der Waals surface area contributed by atoms with E-state index in [0.717, 1.165) is 25.2 Å². The van der Waals surface area contributed by atoms with Crippen LogP contribution in [0.5, 0.6) is 0 Å². The second-order valence-electron chi connectivity index (χ2n) is 6.62. The average Bonchev–Trinajstić information content (AvgIpc) is 3.20. The van der Waals surface area contributed by atoms with Crippen molar-refractivity contribution >= 4 is 17.5 Å². The number of nitro benzene ring substituents is 1. The fraction of sp³-hybridized carbons (Fsp3) is 0.444. The highest BCUT2D eigenvalue weighted by atomic mass is 16.6. The summed E-state index contributed by atoms with van der Waals surface area (Å²) in [4.78, 5) is 36.5. The number of likely N-dealkylation sites (tertiary alicyclic amines) is 1. The molecule has 0 unspecified atom stereocenters. The zero-order chi connectivity index (χ0) is 20.1. The van der Waals surface area contributed by atoms with E-state index in [4.69, 9.17) is 0 Å². The van der Waals surface area contributed by atoms with Crippen LogP contribution in [0.25, 0.3) is 0 Å². The van der Waals surface area contributed by atoms with Crippen molar-refractivity contribution in [1.82, 2.24) is 25.0 Å². The van der Waals surface area contributed by atoms with Crippen molar-refractivity contribution < 1.29 is 14.5 Å². The third-order valence-electron chi connectivity index (χ3n) is 4.92. The minimum atomic E-state index is -0.564. The molecule has 1 saturated heterocycles. The van der Waals surface area contributed by atoms with Crippen LogP contribution < -0.4 is 5.32 Å². The van der Waals surface area contributed by atoms with Gasteiger partial charge >= 0.3 is 0 Å². The van der Waals surface area contributed by atoms with Gasteiger partial charge in [0.2, 0.25) is 5.91 Å². The van der Waals surface area contributed by atoms with E-state index in [1.165, 1.54) is 24.3 Å². The maximum atomic E-state index is 12.4. The maximum absolute atomic E-state index is 12.4. The highest BCUT2D eigenvalue weighted by Crippen LogP contribution is 2.26. The summed E-state index contributed by atoms with van der Waals surface area (Å²) >= 11 is 0. The molecule has 0 spiro atoms. The van der Waals surface area contributed by atoms with Gasteiger partial charge < -0.3 is 14.8 Å². The third-order valence-corrected chi connectivity index (χ3v) is 4.92. The van der Waals surface area contributed by atoms with Crippen LogP contribution in [0.4, 0.5) is 5.69 Å². The summed E-state index contributed by atoms with van der Waals surface area (Å²) in [5.74, 6) is 0.539. The molecule has 3 rings (SSSR count). The van der Waals surface area contributed by atoms with Gasteiger partial charge in [0.15, 0.2) is 0 Å². The molecule has 2 aromatic rings. The summed E-state index contributed by atoms with van der Waals surface area (Å²) in [7, 11) is 0. The van der Waals surface area contributed by atoms with Gasteiger partial charge in [-0.25, -0.2) is 0 Å². The van der Waals surface area contributed by atoms with E-state index < -0.39 is 10.8 Å². The Morgan fingerprint density at radius 3 is 2.75 bits per heavy atom. The molecule has 1 aliphatic heterocycles. The van der Waals surface area contributed by atoms with Crippen molar-refractivity contribution in [2.24, 2.45) is 0 Å². The first-order valence-corrected chi connectivity index (χ1v) is 9.17. The lowest BCUT2D eigenvalue weighted by Gasteiger charge is -2.31.